The van der Waals surface area contributed by atoms with Crippen molar-refractivity contribution in [2.75, 3.05) is 6.61 Å². The number of rotatable bonds is 1. The van der Waals surface area contributed by atoms with Gasteiger partial charge in [-0.3, -0.25) is 0 Å². The highest BCUT2D eigenvalue weighted by atomic mass is 19.4. The van der Waals surface area contributed by atoms with Gasteiger partial charge in [0.15, 0.2) is 5.60 Å². The van der Waals surface area contributed by atoms with Gasteiger partial charge in [-0.05, 0) is 17.7 Å². The lowest BCUT2D eigenvalue weighted by atomic mass is 9.85. The van der Waals surface area contributed by atoms with Crippen LogP contribution in [0.15, 0.2) is 24.3 Å². The SMILES string of the molecule is CC.Oc1cccc(C2(C(F)(F)F)CCO2)c1. The minimum absolute atomic E-state index is 0.0405. The fraction of sp³-hybridized carbons (Fsp3) is 0.500. The Morgan fingerprint density at radius 1 is 1.29 bits per heavy atom. The Hall–Kier alpha value is -1.23. The summed E-state index contributed by atoms with van der Waals surface area (Å²) in [6.07, 6.45) is -4.54. The van der Waals surface area contributed by atoms with Crippen molar-refractivity contribution in [3.63, 3.8) is 0 Å². The van der Waals surface area contributed by atoms with Gasteiger partial charge in [-0.2, -0.15) is 13.2 Å². The zero-order chi connectivity index (χ0) is 13.1. The Kier molecular flexibility index (Phi) is 4.03. The maximum absolute atomic E-state index is 12.8. The van der Waals surface area contributed by atoms with Crippen LogP contribution >= 0.6 is 0 Å². The highest BCUT2D eigenvalue weighted by molar-refractivity contribution is 5.33. The molecular weight excluding hydrogens is 233 g/mol. The van der Waals surface area contributed by atoms with Crippen molar-refractivity contribution in [3.8, 4) is 5.75 Å². The number of phenols is 1. The van der Waals surface area contributed by atoms with Crippen LogP contribution in [0, 0.1) is 0 Å². The zero-order valence-electron chi connectivity index (χ0n) is 9.71. The first-order valence-corrected chi connectivity index (χ1v) is 5.46. The molecule has 1 aromatic rings. The first-order chi connectivity index (χ1) is 7.96. The van der Waals surface area contributed by atoms with Gasteiger partial charge in [0.2, 0.25) is 0 Å². The second-order valence-corrected chi connectivity index (χ2v) is 3.47. The predicted octanol–water partition coefficient (Wildman–Crippen LogP) is 3.60. The Morgan fingerprint density at radius 2 is 1.88 bits per heavy atom. The average molecular weight is 248 g/mol. The number of halogens is 3. The maximum Gasteiger partial charge on any atom is 0.421 e. The molecule has 0 aliphatic carbocycles. The topological polar surface area (TPSA) is 29.5 Å². The number of aromatic hydroxyl groups is 1. The van der Waals surface area contributed by atoms with Crippen LogP contribution in [0.25, 0.3) is 0 Å². The molecule has 1 saturated heterocycles. The Morgan fingerprint density at radius 3 is 2.24 bits per heavy atom. The molecule has 0 aromatic heterocycles. The molecule has 1 atom stereocenters. The van der Waals surface area contributed by atoms with Gasteiger partial charge < -0.3 is 9.84 Å². The molecule has 17 heavy (non-hydrogen) atoms. The highest BCUT2D eigenvalue weighted by Gasteiger charge is 2.61. The third kappa shape index (κ3) is 2.39. The number of alkyl halides is 3. The van der Waals surface area contributed by atoms with E-state index in [0.29, 0.717) is 0 Å². The van der Waals surface area contributed by atoms with Crippen LogP contribution in [-0.4, -0.2) is 17.9 Å². The van der Waals surface area contributed by atoms with Gasteiger partial charge in [0, 0.05) is 6.42 Å². The standard InChI is InChI=1S/C10H9F3O2.C2H6/c11-10(12,13)9(4-5-15-9)7-2-1-3-8(14)6-7;1-2/h1-3,6,14H,4-5H2;1-2H3. The van der Waals surface area contributed by atoms with E-state index in [1.54, 1.807) is 0 Å². The second kappa shape index (κ2) is 4.96. The summed E-state index contributed by atoms with van der Waals surface area (Å²) in [5.74, 6) is -0.188. The summed E-state index contributed by atoms with van der Waals surface area (Å²) in [7, 11) is 0. The molecule has 1 aliphatic heterocycles. The van der Waals surface area contributed by atoms with Gasteiger partial charge in [-0.25, -0.2) is 0 Å². The van der Waals surface area contributed by atoms with E-state index in [2.05, 4.69) is 4.74 Å². The van der Waals surface area contributed by atoms with Gasteiger partial charge in [0.25, 0.3) is 0 Å². The Labute approximate surface area is 98.0 Å². The largest absolute Gasteiger partial charge is 0.508 e. The van der Waals surface area contributed by atoms with E-state index >= 15 is 0 Å². The Bertz CT molecular complexity index is 370. The van der Waals surface area contributed by atoms with Crippen LogP contribution in [0.1, 0.15) is 25.8 Å². The number of hydrogen-bond acceptors (Lipinski definition) is 2. The van der Waals surface area contributed by atoms with Gasteiger partial charge in [0.1, 0.15) is 5.75 Å². The molecule has 0 bridgehead atoms. The van der Waals surface area contributed by atoms with Crippen LogP contribution in [-0.2, 0) is 10.3 Å². The second-order valence-electron chi connectivity index (χ2n) is 3.47. The molecule has 2 rings (SSSR count). The molecule has 1 aliphatic rings. The third-order valence-electron chi connectivity index (χ3n) is 2.57. The fourth-order valence-electron chi connectivity index (χ4n) is 1.68. The molecule has 0 amide bonds. The molecular formula is C12H15F3O2. The highest BCUT2D eigenvalue weighted by Crippen LogP contribution is 2.50. The molecule has 0 saturated carbocycles. The lowest BCUT2D eigenvalue weighted by Gasteiger charge is -2.43. The molecule has 0 radical (unpaired) electrons. The van der Waals surface area contributed by atoms with Crippen molar-refractivity contribution >= 4 is 0 Å². The smallest absolute Gasteiger partial charge is 0.421 e. The van der Waals surface area contributed by atoms with E-state index in [0.717, 1.165) is 6.07 Å². The van der Waals surface area contributed by atoms with Crippen LogP contribution in [0.4, 0.5) is 13.2 Å². The summed E-state index contributed by atoms with van der Waals surface area (Å²) in [5.41, 5.74) is -2.26. The number of phenolic OH excluding ortho intramolecular Hbond substituents is 1. The van der Waals surface area contributed by atoms with Gasteiger partial charge in [-0.1, -0.05) is 26.0 Å². The van der Waals surface area contributed by atoms with Crippen LogP contribution in [0.2, 0.25) is 0 Å². The lowest BCUT2D eigenvalue weighted by Crippen LogP contribution is -2.52. The summed E-state index contributed by atoms with van der Waals surface area (Å²) in [5, 5.41) is 9.14. The molecule has 0 spiro atoms. The van der Waals surface area contributed by atoms with Crippen molar-refractivity contribution in [3.05, 3.63) is 29.8 Å². The van der Waals surface area contributed by atoms with Crippen LogP contribution in [0.5, 0.6) is 5.75 Å². The van der Waals surface area contributed by atoms with Crippen molar-refractivity contribution in [1.82, 2.24) is 0 Å². The van der Waals surface area contributed by atoms with Crippen molar-refractivity contribution in [2.24, 2.45) is 0 Å². The van der Waals surface area contributed by atoms with E-state index in [1.807, 2.05) is 13.8 Å². The minimum Gasteiger partial charge on any atom is -0.508 e. The fourth-order valence-corrected chi connectivity index (χ4v) is 1.68. The van der Waals surface area contributed by atoms with E-state index < -0.39 is 11.8 Å². The summed E-state index contributed by atoms with van der Waals surface area (Å²) < 4.78 is 43.0. The third-order valence-corrected chi connectivity index (χ3v) is 2.57. The predicted molar refractivity (Wildman–Crippen MR) is 57.8 cm³/mol. The first kappa shape index (κ1) is 13.8. The monoisotopic (exact) mass is 248 g/mol. The van der Waals surface area contributed by atoms with Gasteiger partial charge in [-0.15, -0.1) is 0 Å². The maximum atomic E-state index is 12.8. The van der Waals surface area contributed by atoms with Crippen molar-refractivity contribution in [1.29, 1.82) is 0 Å². The molecule has 1 N–H and O–H groups in total. The summed E-state index contributed by atoms with van der Waals surface area (Å²) >= 11 is 0. The molecule has 1 aromatic carbocycles. The summed E-state index contributed by atoms with van der Waals surface area (Å²) in [6, 6.07) is 5.10. The quantitative estimate of drug-likeness (QED) is 0.822. The normalized spacial score (nSPS) is 23.4. The van der Waals surface area contributed by atoms with Crippen LogP contribution < -0.4 is 0 Å². The number of hydrogen-bond donors (Lipinski definition) is 1. The summed E-state index contributed by atoms with van der Waals surface area (Å²) in [6.45, 7) is 4.09. The minimum atomic E-state index is -4.45. The molecule has 1 heterocycles. The zero-order valence-corrected chi connectivity index (χ0v) is 9.71. The van der Waals surface area contributed by atoms with E-state index in [-0.39, 0.29) is 24.3 Å². The molecule has 1 fully saturated rings. The summed E-state index contributed by atoms with van der Waals surface area (Å²) in [4.78, 5) is 0. The number of ether oxygens (including phenoxy) is 1. The van der Waals surface area contributed by atoms with Crippen molar-refractivity contribution in [2.45, 2.75) is 32.0 Å². The first-order valence-electron chi connectivity index (χ1n) is 5.46. The molecule has 96 valence electrons. The average Bonchev–Trinajstić information content (AvgIpc) is 2.16. The number of benzene rings is 1. The van der Waals surface area contributed by atoms with E-state index in [9.17, 15) is 13.2 Å². The van der Waals surface area contributed by atoms with E-state index in [4.69, 9.17) is 5.11 Å². The van der Waals surface area contributed by atoms with Crippen LogP contribution in [0.3, 0.4) is 0 Å². The molecule has 1 unspecified atom stereocenters. The molecule has 5 heteroatoms. The van der Waals surface area contributed by atoms with Gasteiger partial charge >= 0.3 is 6.18 Å². The lowest BCUT2D eigenvalue weighted by molar-refractivity contribution is -0.333. The van der Waals surface area contributed by atoms with E-state index in [1.165, 1.54) is 18.2 Å². The van der Waals surface area contributed by atoms with Crippen molar-refractivity contribution < 1.29 is 23.0 Å². The Balaban J connectivity index is 0.000000686. The molecule has 2 nitrogen and oxygen atoms in total. The van der Waals surface area contributed by atoms with Gasteiger partial charge in [0.05, 0.1) is 6.61 Å².